The second kappa shape index (κ2) is 8.12. The number of hydrogen-bond acceptors (Lipinski definition) is 4. The van der Waals surface area contributed by atoms with Crippen LogP contribution in [0.3, 0.4) is 0 Å². The molecule has 0 radical (unpaired) electrons. The number of nitrogens with one attached hydrogen (secondary N) is 3. The van der Waals surface area contributed by atoms with Gasteiger partial charge in [0.25, 0.3) is 5.56 Å². The quantitative estimate of drug-likeness (QED) is 0.670. The van der Waals surface area contributed by atoms with Crippen LogP contribution >= 0.6 is 12.4 Å². The lowest BCUT2D eigenvalue weighted by atomic mass is 10.0. The summed E-state index contributed by atoms with van der Waals surface area (Å²) in [6.07, 6.45) is 1.13. The first kappa shape index (κ1) is 19.2. The molecule has 0 unspecified atom stereocenters. The highest BCUT2D eigenvalue weighted by molar-refractivity contribution is 5.85. The van der Waals surface area contributed by atoms with Crippen LogP contribution in [0.15, 0.2) is 4.79 Å². The van der Waals surface area contributed by atoms with Crippen LogP contribution in [0.5, 0.6) is 0 Å². The Hall–Kier alpha value is -1.86. The molecule has 7 nitrogen and oxygen atoms in total. The molecular weight excluding hydrogens is 318 g/mol. The Labute approximate surface area is 141 Å². The van der Waals surface area contributed by atoms with E-state index in [0.717, 1.165) is 29.8 Å². The lowest BCUT2D eigenvalue weighted by Crippen LogP contribution is -2.28. The number of amides is 1. The van der Waals surface area contributed by atoms with Crippen molar-refractivity contribution in [3.8, 4) is 0 Å². The number of aromatic nitrogens is 3. The van der Waals surface area contributed by atoms with Crippen molar-refractivity contribution in [2.24, 2.45) is 7.05 Å². The number of aromatic amines is 1. The minimum atomic E-state index is -0.168. The fourth-order valence-electron chi connectivity index (χ4n) is 2.62. The average molecular weight is 342 g/mol. The average Bonchev–Trinajstić information content (AvgIpc) is 2.74. The zero-order valence-electron chi connectivity index (χ0n) is 13.9. The number of halogens is 1. The molecule has 128 valence electrons. The van der Waals surface area contributed by atoms with Crippen LogP contribution in [-0.2, 0) is 18.3 Å². The maximum absolute atomic E-state index is 12.1. The molecule has 0 bridgehead atoms. The Morgan fingerprint density at radius 1 is 1.30 bits per heavy atom. The second-order valence-electron chi connectivity index (χ2n) is 5.48. The predicted molar refractivity (Wildman–Crippen MR) is 93.3 cm³/mol. The van der Waals surface area contributed by atoms with Crippen LogP contribution < -0.4 is 16.2 Å². The zero-order chi connectivity index (χ0) is 16.3. The Balaban J connectivity index is 0.00000264. The van der Waals surface area contributed by atoms with E-state index in [9.17, 15) is 9.59 Å². The van der Waals surface area contributed by atoms with E-state index >= 15 is 0 Å². The van der Waals surface area contributed by atoms with Gasteiger partial charge in [-0.15, -0.1) is 12.4 Å². The fourth-order valence-corrected chi connectivity index (χ4v) is 2.62. The molecule has 2 aromatic heterocycles. The summed E-state index contributed by atoms with van der Waals surface area (Å²) in [5.41, 5.74) is 2.89. The minimum absolute atomic E-state index is 0. The number of fused-ring (bicyclic) bond motifs is 1. The molecule has 0 aliphatic heterocycles. The first-order valence-corrected chi connectivity index (χ1v) is 7.41. The summed E-state index contributed by atoms with van der Waals surface area (Å²) in [5.74, 6) is -0.0455. The number of rotatable bonds is 6. The maximum atomic E-state index is 12.1. The van der Waals surface area contributed by atoms with Gasteiger partial charge in [0.15, 0.2) is 5.65 Å². The summed E-state index contributed by atoms with van der Waals surface area (Å²) in [6, 6.07) is 0. The van der Waals surface area contributed by atoms with E-state index in [1.54, 1.807) is 11.7 Å². The molecule has 23 heavy (non-hydrogen) atoms. The van der Waals surface area contributed by atoms with Crippen molar-refractivity contribution < 1.29 is 4.79 Å². The van der Waals surface area contributed by atoms with Crippen molar-refractivity contribution in [1.29, 1.82) is 0 Å². The van der Waals surface area contributed by atoms with Gasteiger partial charge in [-0.1, -0.05) is 0 Å². The molecule has 2 rings (SSSR count). The van der Waals surface area contributed by atoms with E-state index in [0.29, 0.717) is 17.6 Å². The van der Waals surface area contributed by atoms with Crippen LogP contribution in [0.4, 0.5) is 0 Å². The van der Waals surface area contributed by atoms with E-state index in [1.165, 1.54) is 0 Å². The molecule has 0 saturated heterocycles. The number of aryl methyl sites for hydroxylation is 3. The normalized spacial score (nSPS) is 10.6. The number of H-pyrrole nitrogens is 1. The number of pyridine rings is 1. The van der Waals surface area contributed by atoms with Crippen LogP contribution in [0.25, 0.3) is 11.0 Å². The summed E-state index contributed by atoms with van der Waals surface area (Å²) in [4.78, 5) is 28.5. The molecule has 0 fully saturated rings. The summed E-state index contributed by atoms with van der Waals surface area (Å²) in [5, 5.41) is 9.19. The summed E-state index contributed by atoms with van der Waals surface area (Å²) in [7, 11) is 3.64. The molecule has 3 N–H and O–H groups in total. The lowest BCUT2D eigenvalue weighted by molar-refractivity contribution is -0.120. The van der Waals surface area contributed by atoms with Gasteiger partial charge in [0.2, 0.25) is 5.91 Å². The van der Waals surface area contributed by atoms with Crippen molar-refractivity contribution in [2.75, 3.05) is 20.1 Å². The topological polar surface area (TPSA) is 91.8 Å². The third kappa shape index (κ3) is 4.11. The van der Waals surface area contributed by atoms with Crippen molar-refractivity contribution in [2.45, 2.75) is 26.7 Å². The zero-order valence-corrected chi connectivity index (χ0v) is 14.8. The number of carbonyl (C=O) groups is 1. The lowest BCUT2D eigenvalue weighted by Gasteiger charge is -2.11. The SMILES string of the molecule is CNCCCNC(=O)Cc1c(C)nc2c(c1C)c(=O)[nH]n2C.Cl. The van der Waals surface area contributed by atoms with E-state index in [4.69, 9.17) is 0 Å². The molecular formula is C15H24ClN5O2. The van der Waals surface area contributed by atoms with Crippen LogP contribution in [0.1, 0.15) is 23.2 Å². The maximum Gasteiger partial charge on any atom is 0.273 e. The van der Waals surface area contributed by atoms with Gasteiger partial charge in [-0.25, -0.2) is 4.98 Å². The molecule has 0 saturated carbocycles. The van der Waals surface area contributed by atoms with Crippen LogP contribution in [-0.4, -0.2) is 40.8 Å². The predicted octanol–water partition coefficient (Wildman–Crippen LogP) is 0.568. The highest BCUT2D eigenvalue weighted by atomic mass is 35.5. The molecule has 0 spiro atoms. The van der Waals surface area contributed by atoms with Gasteiger partial charge in [-0.2, -0.15) is 0 Å². The van der Waals surface area contributed by atoms with Crippen molar-refractivity contribution in [3.05, 3.63) is 27.2 Å². The van der Waals surface area contributed by atoms with Gasteiger partial charge in [0, 0.05) is 19.3 Å². The molecule has 0 aromatic carbocycles. The fraction of sp³-hybridized carbons (Fsp3) is 0.533. The molecule has 8 heteroatoms. The standard InChI is InChI=1S/C15H23N5O2.ClH/c1-9-11(8-12(21)17-7-5-6-16-3)10(2)18-14-13(9)15(22)19-20(14)4;/h16H,5-8H2,1-4H3,(H,17,21)(H,19,22);1H. The van der Waals surface area contributed by atoms with Gasteiger partial charge >= 0.3 is 0 Å². The van der Waals surface area contributed by atoms with E-state index in [2.05, 4.69) is 20.7 Å². The molecule has 0 aliphatic carbocycles. The van der Waals surface area contributed by atoms with Gasteiger partial charge in [-0.3, -0.25) is 19.4 Å². The summed E-state index contributed by atoms with van der Waals surface area (Å²) in [6.45, 7) is 5.24. The van der Waals surface area contributed by atoms with E-state index in [1.807, 2.05) is 20.9 Å². The van der Waals surface area contributed by atoms with Gasteiger partial charge in [-0.05, 0) is 45.0 Å². The molecule has 0 atom stereocenters. The highest BCUT2D eigenvalue weighted by Gasteiger charge is 2.17. The smallest absolute Gasteiger partial charge is 0.273 e. The first-order chi connectivity index (χ1) is 10.5. The second-order valence-corrected chi connectivity index (χ2v) is 5.48. The molecule has 0 aliphatic rings. The number of nitrogens with zero attached hydrogens (tertiary/aromatic N) is 2. The monoisotopic (exact) mass is 341 g/mol. The third-order valence-electron chi connectivity index (χ3n) is 3.84. The van der Waals surface area contributed by atoms with Crippen molar-refractivity contribution in [3.63, 3.8) is 0 Å². The van der Waals surface area contributed by atoms with Gasteiger partial charge in [0.1, 0.15) is 0 Å². The van der Waals surface area contributed by atoms with Crippen LogP contribution in [0.2, 0.25) is 0 Å². The molecule has 1 amide bonds. The van der Waals surface area contributed by atoms with Crippen molar-refractivity contribution in [1.82, 2.24) is 25.4 Å². The Morgan fingerprint density at radius 2 is 2.00 bits per heavy atom. The van der Waals surface area contributed by atoms with Crippen molar-refractivity contribution >= 4 is 29.3 Å². The third-order valence-corrected chi connectivity index (χ3v) is 3.84. The largest absolute Gasteiger partial charge is 0.356 e. The Kier molecular flexibility index (Phi) is 6.78. The van der Waals surface area contributed by atoms with E-state index in [-0.39, 0.29) is 30.3 Å². The summed E-state index contributed by atoms with van der Waals surface area (Å²) >= 11 is 0. The molecule has 2 heterocycles. The number of carbonyl (C=O) groups excluding carboxylic acids is 1. The van der Waals surface area contributed by atoms with Gasteiger partial charge < -0.3 is 10.6 Å². The molecule has 2 aromatic rings. The van der Waals surface area contributed by atoms with E-state index < -0.39 is 0 Å². The highest BCUT2D eigenvalue weighted by Crippen LogP contribution is 2.20. The Bertz CT molecular complexity index is 750. The first-order valence-electron chi connectivity index (χ1n) is 7.41. The van der Waals surface area contributed by atoms with Gasteiger partial charge in [0.05, 0.1) is 11.8 Å². The minimum Gasteiger partial charge on any atom is -0.356 e. The Morgan fingerprint density at radius 3 is 2.65 bits per heavy atom. The van der Waals surface area contributed by atoms with Crippen LogP contribution in [0, 0.1) is 13.8 Å². The number of hydrogen-bond donors (Lipinski definition) is 3. The summed E-state index contributed by atoms with van der Waals surface area (Å²) < 4.78 is 1.61.